The Kier molecular flexibility index (Phi) is 3.67. The molecule has 1 aliphatic heterocycles. The molecule has 4 rings (SSSR count). The molecular formula is C19H16N4O. The summed E-state index contributed by atoms with van der Waals surface area (Å²) in [4.78, 5) is 15.9. The number of pyridine rings is 1. The molecule has 0 fully saturated rings. The van der Waals surface area contributed by atoms with Crippen LogP contribution in [0.1, 0.15) is 22.6 Å². The van der Waals surface area contributed by atoms with Gasteiger partial charge in [0.1, 0.15) is 11.5 Å². The summed E-state index contributed by atoms with van der Waals surface area (Å²) in [5.74, 6) is 1.48. The third-order valence-corrected chi connectivity index (χ3v) is 3.98. The molecule has 5 heteroatoms. The zero-order valence-corrected chi connectivity index (χ0v) is 13.0. The number of fused-ring (bicyclic) bond motifs is 1. The zero-order chi connectivity index (χ0) is 16.4. The van der Waals surface area contributed by atoms with Crippen LogP contribution in [0.3, 0.4) is 0 Å². The van der Waals surface area contributed by atoms with Crippen LogP contribution < -0.4 is 0 Å². The molecule has 2 aromatic heterocycles. The van der Waals surface area contributed by atoms with Crippen LogP contribution in [0.25, 0.3) is 11.6 Å². The Labute approximate surface area is 139 Å². The first kappa shape index (κ1) is 14.4. The molecule has 0 saturated heterocycles. The lowest BCUT2D eigenvalue weighted by Gasteiger charge is -1.98. The first-order chi connectivity index (χ1) is 11.8. The summed E-state index contributed by atoms with van der Waals surface area (Å²) >= 11 is 0. The second-order valence-electron chi connectivity index (χ2n) is 5.64. The van der Waals surface area contributed by atoms with Gasteiger partial charge in [-0.25, -0.2) is 9.98 Å². The topological polar surface area (TPSA) is 74.2 Å². The van der Waals surface area contributed by atoms with E-state index in [0.717, 1.165) is 29.8 Å². The Balaban J connectivity index is 1.54. The van der Waals surface area contributed by atoms with Crippen molar-refractivity contribution in [2.24, 2.45) is 4.99 Å². The number of rotatable bonds is 4. The summed E-state index contributed by atoms with van der Waals surface area (Å²) in [6, 6.07) is 14.1. The fraction of sp³-hybridized carbons (Fsp3) is 0.105. The number of aromatic amines is 1. The fourth-order valence-corrected chi connectivity index (χ4v) is 2.75. The van der Waals surface area contributed by atoms with Crippen LogP contribution >= 0.6 is 0 Å². The van der Waals surface area contributed by atoms with Crippen molar-refractivity contribution in [1.29, 1.82) is 0 Å². The number of aromatic hydroxyl groups is 1. The van der Waals surface area contributed by atoms with Gasteiger partial charge in [0.2, 0.25) is 5.88 Å². The third-order valence-electron chi connectivity index (χ3n) is 3.98. The number of aliphatic imine (C=N–C) groups is 1. The van der Waals surface area contributed by atoms with Gasteiger partial charge in [-0.05, 0) is 30.2 Å². The van der Waals surface area contributed by atoms with Crippen molar-refractivity contribution in [3.8, 4) is 5.88 Å². The van der Waals surface area contributed by atoms with Crippen molar-refractivity contribution in [2.45, 2.75) is 12.8 Å². The third kappa shape index (κ3) is 2.84. The van der Waals surface area contributed by atoms with E-state index in [-0.39, 0.29) is 5.88 Å². The highest BCUT2D eigenvalue weighted by molar-refractivity contribution is 6.20. The van der Waals surface area contributed by atoms with E-state index >= 15 is 0 Å². The Morgan fingerprint density at radius 1 is 1.04 bits per heavy atom. The Morgan fingerprint density at radius 3 is 2.79 bits per heavy atom. The van der Waals surface area contributed by atoms with Crippen molar-refractivity contribution in [3.63, 3.8) is 0 Å². The van der Waals surface area contributed by atoms with Gasteiger partial charge < -0.3 is 10.1 Å². The van der Waals surface area contributed by atoms with E-state index in [1.54, 1.807) is 12.4 Å². The van der Waals surface area contributed by atoms with E-state index in [1.165, 1.54) is 5.56 Å². The minimum absolute atomic E-state index is 0.0105. The largest absolute Gasteiger partial charge is 0.492 e. The van der Waals surface area contributed by atoms with Crippen molar-refractivity contribution in [2.75, 3.05) is 0 Å². The zero-order valence-electron chi connectivity index (χ0n) is 13.0. The van der Waals surface area contributed by atoms with Crippen LogP contribution in [-0.2, 0) is 12.8 Å². The molecule has 3 heterocycles. The van der Waals surface area contributed by atoms with Gasteiger partial charge in [-0.3, -0.25) is 0 Å². The summed E-state index contributed by atoms with van der Waals surface area (Å²) in [5, 5.41) is 10.1. The molecule has 0 aliphatic carbocycles. The molecule has 24 heavy (non-hydrogen) atoms. The average molecular weight is 316 g/mol. The molecule has 3 aromatic rings. The number of aryl methyl sites for hydroxylation is 2. The van der Waals surface area contributed by atoms with Crippen molar-refractivity contribution < 1.29 is 5.11 Å². The number of nitrogens with zero attached hydrogens (tertiary/aromatic N) is 3. The standard InChI is InChI=1S/C19H16N4O/c24-19-16(11-14-12-21-18-15(14)7-4-10-20-18)22-17(23-19)9-8-13-5-2-1-3-6-13/h1-7,10-12,24H,8-9H2,(H,22,23). The summed E-state index contributed by atoms with van der Waals surface area (Å²) in [6.07, 6.45) is 6.94. The molecule has 0 amide bonds. The van der Waals surface area contributed by atoms with Gasteiger partial charge in [0.05, 0.1) is 0 Å². The lowest BCUT2D eigenvalue weighted by molar-refractivity contribution is 0.454. The minimum Gasteiger partial charge on any atom is -0.492 e. The van der Waals surface area contributed by atoms with Crippen molar-refractivity contribution in [3.05, 3.63) is 71.3 Å². The molecular weight excluding hydrogens is 300 g/mol. The smallest absolute Gasteiger partial charge is 0.237 e. The average Bonchev–Trinajstić information content (AvgIpc) is 3.18. The monoisotopic (exact) mass is 316 g/mol. The van der Waals surface area contributed by atoms with Crippen molar-refractivity contribution in [1.82, 2.24) is 15.0 Å². The maximum Gasteiger partial charge on any atom is 0.237 e. The van der Waals surface area contributed by atoms with Gasteiger partial charge in [0.15, 0.2) is 5.82 Å². The highest BCUT2D eigenvalue weighted by Gasteiger charge is 2.14. The highest BCUT2D eigenvalue weighted by atomic mass is 16.3. The first-order valence-electron chi connectivity index (χ1n) is 7.82. The molecule has 1 aromatic carbocycles. The number of aromatic nitrogens is 3. The van der Waals surface area contributed by atoms with Crippen LogP contribution in [0, 0.1) is 0 Å². The SMILES string of the molecule is Oc1nc(CCc2ccccc2)[nH]c1C=C1C=Nc2ncccc21. The van der Waals surface area contributed by atoms with E-state index in [0.29, 0.717) is 11.5 Å². The molecule has 0 atom stereocenters. The number of hydrogen-bond donors (Lipinski definition) is 2. The van der Waals surface area contributed by atoms with Gasteiger partial charge in [0, 0.05) is 30.0 Å². The summed E-state index contributed by atoms with van der Waals surface area (Å²) < 4.78 is 0. The molecule has 0 radical (unpaired) electrons. The molecule has 5 nitrogen and oxygen atoms in total. The van der Waals surface area contributed by atoms with Gasteiger partial charge >= 0.3 is 0 Å². The number of allylic oxidation sites excluding steroid dienone is 1. The van der Waals surface area contributed by atoms with Gasteiger partial charge in [-0.2, -0.15) is 4.98 Å². The lowest BCUT2D eigenvalue weighted by atomic mass is 10.1. The minimum atomic E-state index is 0.0105. The van der Waals surface area contributed by atoms with E-state index in [1.807, 2.05) is 36.4 Å². The van der Waals surface area contributed by atoms with Crippen LogP contribution in [0.5, 0.6) is 5.88 Å². The molecule has 0 bridgehead atoms. The first-order valence-corrected chi connectivity index (χ1v) is 7.82. The van der Waals surface area contributed by atoms with Gasteiger partial charge in [0.25, 0.3) is 0 Å². The fourth-order valence-electron chi connectivity index (χ4n) is 2.75. The Bertz CT molecular complexity index is 926. The molecule has 0 spiro atoms. The predicted molar refractivity (Wildman–Crippen MR) is 94.4 cm³/mol. The maximum absolute atomic E-state index is 10.1. The quantitative estimate of drug-likeness (QED) is 0.773. The van der Waals surface area contributed by atoms with E-state index < -0.39 is 0 Å². The van der Waals surface area contributed by atoms with E-state index in [9.17, 15) is 5.11 Å². The second-order valence-corrected chi connectivity index (χ2v) is 5.64. The Hall–Kier alpha value is -3.21. The second kappa shape index (κ2) is 6.12. The van der Waals surface area contributed by atoms with Crippen molar-refractivity contribution >= 4 is 23.7 Å². The Morgan fingerprint density at radius 2 is 1.92 bits per heavy atom. The number of hydrogen-bond acceptors (Lipinski definition) is 4. The lowest BCUT2D eigenvalue weighted by Crippen LogP contribution is -1.93. The predicted octanol–water partition coefficient (Wildman–Crippen LogP) is 3.55. The molecule has 2 N–H and O–H groups in total. The number of benzene rings is 1. The summed E-state index contributed by atoms with van der Waals surface area (Å²) in [7, 11) is 0. The highest BCUT2D eigenvalue weighted by Crippen LogP contribution is 2.31. The van der Waals surface area contributed by atoms with Crippen LogP contribution in [0.4, 0.5) is 5.82 Å². The number of nitrogens with one attached hydrogen (secondary N) is 1. The molecule has 1 aliphatic rings. The normalized spacial score (nSPS) is 14.2. The van der Waals surface area contributed by atoms with E-state index in [4.69, 9.17) is 0 Å². The molecule has 0 saturated carbocycles. The van der Waals surface area contributed by atoms with Crippen LogP contribution in [0.15, 0.2) is 53.7 Å². The summed E-state index contributed by atoms with van der Waals surface area (Å²) in [6.45, 7) is 0. The number of imidazole rings is 1. The molecule has 118 valence electrons. The maximum atomic E-state index is 10.1. The van der Waals surface area contributed by atoms with E-state index in [2.05, 4.69) is 32.1 Å². The van der Waals surface area contributed by atoms with Gasteiger partial charge in [-0.1, -0.05) is 30.3 Å². The van der Waals surface area contributed by atoms with Crippen LogP contribution in [0.2, 0.25) is 0 Å². The molecule has 0 unspecified atom stereocenters. The summed E-state index contributed by atoms with van der Waals surface area (Å²) in [5.41, 5.74) is 3.71. The number of H-pyrrole nitrogens is 1. The van der Waals surface area contributed by atoms with Gasteiger partial charge in [-0.15, -0.1) is 0 Å². The van der Waals surface area contributed by atoms with Crippen LogP contribution in [-0.4, -0.2) is 26.3 Å².